The summed E-state index contributed by atoms with van der Waals surface area (Å²) in [5.74, 6) is 1.92. The summed E-state index contributed by atoms with van der Waals surface area (Å²) in [6, 6.07) is 5.99. The van der Waals surface area contributed by atoms with Crippen molar-refractivity contribution < 1.29 is 13.9 Å². The van der Waals surface area contributed by atoms with Gasteiger partial charge < -0.3 is 9.47 Å². The van der Waals surface area contributed by atoms with Crippen molar-refractivity contribution in [2.45, 2.75) is 122 Å². The van der Waals surface area contributed by atoms with Gasteiger partial charge in [-0.1, -0.05) is 77.3 Å². The molecule has 0 bridgehead atoms. The predicted molar refractivity (Wildman–Crippen MR) is 132 cm³/mol. The normalized spacial score (nSPS) is 26.3. The van der Waals surface area contributed by atoms with Gasteiger partial charge in [0.2, 0.25) is 0 Å². The van der Waals surface area contributed by atoms with Crippen LogP contribution in [-0.2, 0) is 15.9 Å². The first kappa shape index (κ1) is 25.7. The van der Waals surface area contributed by atoms with Crippen LogP contribution >= 0.6 is 0 Å². The van der Waals surface area contributed by atoms with Gasteiger partial charge in [-0.05, 0) is 67.6 Å². The second-order valence-electron chi connectivity index (χ2n) is 10.4. The molecule has 1 heterocycles. The fraction of sp³-hybridized carbons (Fsp3) is 0.793. The standard InChI is InChI=1S/C29H47FO2/c1-3-5-7-8-9-11-24-21-31-29(32-22-24)19-18-26-16-17-27(20-28(26)30)25-14-12-23(13-15-25)10-6-4-2/h16-17,20,23-25,29H,3-15,18-19,21-22H2,1-2H3. The van der Waals surface area contributed by atoms with Crippen molar-refractivity contribution in [1.82, 2.24) is 0 Å². The molecule has 1 saturated heterocycles. The second kappa shape index (κ2) is 14.4. The quantitative estimate of drug-likeness (QED) is 0.282. The van der Waals surface area contributed by atoms with E-state index in [1.807, 2.05) is 12.1 Å². The maximum Gasteiger partial charge on any atom is 0.157 e. The molecule has 1 aromatic rings. The van der Waals surface area contributed by atoms with Gasteiger partial charge in [0, 0.05) is 12.3 Å². The average Bonchev–Trinajstić information content (AvgIpc) is 2.83. The summed E-state index contributed by atoms with van der Waals surface area (Å²) in [6.45, 7) is 6.11. The third kappa shape index (κ3) is 8.45. The Morgan fingerprint density at radius 3 is 2.16 bits per heavy atom. The molecule has 0 unspecified atom stereocenters. The zero-order valence-electron chi connectivity index (χ0n) is 20.8. The number of hydrogen-bond donors (Lipinski definition) is 0. The molecule has 1 aliphatic heterocycles. The molecule has 0 spiro atoms. The zero-order valence-corrected chi connectivity index (χ0v) is 20.8. The topological polar surface area (TPSA) is 18.5 Å². The average molecular weight is 447 g/mol. The summed E-state index contributed by atoms with van der Waals surface area (Å²) in [4.78, 5) is 0. The van der Waals surface area contributed by atoms with Gasteiger partial charge in [0.1, 0.15) is 5.82 Å². The summed E-state index contributed by atoms with van der Waals surface area (Å²) < 4.78 is 26.7. The lowest BCUT2D eigenvalue weighted by molar-refractivity contribution is -0.203. The number of hydrogen-bond acceptors (Lipinski definition) is 2. The fourth-order valence-corrected chi connectivity index (χ4v) is 5.52. The van der Waals surface area contributed by atoms with Gasteiger partial charge in [0.05, 0.1) is 13.2 Å². The van der Waals surface area contributed by atoms with E-state index < -0.39 is 0 Å². The minimum absolute atomic E-state index is 0.0450. The maximum absolute atomic E-state index is 14.8. The first-order valence-electron chi connectivity index (χ1n) is 13.7. The van der Waals surface area contributed by atoms with E-state index in [-0.39, 0.29) is 12.1 Å². The first-order chi connectivity index (χ1) is 15.7. The zero-order chi connectivity index (χ0) is 22.6. The Bertz CT molecular complexity index is 630. The van der Waals surface area contributed by atoms with Crippen molar-refractivity contribution in [1.29, 1.82) is 0 Å². The van der Waals surface area contributed by atoms with Gasteiger partial charge in [-0.3, -0.25) is 0 Å². The van der Waals surface area contributed by atoms with Crippen LogP contribution in [0.1, 0.15) is 121 Å². The van der Waals surface area contributed by atoms with Crippen molar-refractivity contribution in [3.63, 3.8) is 0 Å². The Labute approximate surface area is 196 Å². The molecule has 3 heteroatoms. The highest BCUT2D eigenvalue weighted by Crippen LogP contribution is 2.38. The van der Waals surface area contributed by atoms with E-state index in [1.54, 1.807) is 0 Å². The van der Waals surface area contributed by atoms with Crippen molar-refractivity contribution in [3.8, 4) is 0 Å². The SMILES string of the molecule is CCCCCCCC1COC(CCc2ccc(C3CCC(CCCC)CC3)cc2F)OC1. The summed E-state index contributed by atoms with van der Waals surface area (Å²) >= 11 is 0. The minimum Gasteiger partial charge on any atom is -0.352 e. The molecule has 1 aliphatic carbocycles. The molecular formula is C29H47FO2. The Morgan fingerprint density at radius 2 is 1.47 bits per heavy atom. The van der Waals surface area contributed by atoms with Gasteiger partial charge >= 0.3 is 0 Å². The highest BCUT2D eigenvalue weighted by Gasteiger charge is 2.24. The molecule has 0 N–H and O–H groups in total. The molecule has 32 heavy (non-hydrogen) atoms. The molecule has 1 aromatic carbocycles. The summed E-state index contributed by atoms with van der Waals surface area (Å²) in [6.07, 6.45) is 18.1. The van der Waals surface area contributed by atoms with Crippen LogP contribution in [0.4, 0.5) is 4.39 Å². The highest BCUT2D eigenvalue weighted by molar-refractivity contribution is 5.27. The molecule has 182 valence electrons. The van der Waals surface area contributed by atoms with E-state index in [1.165, 1.54) is 89.0 Å². The van der Waals surface area contributed by atoms with Crippen molar-refractivity contribution in [2.75, 3.05) is 13.2 Å². The molecule has 2 aliphatic rings. The molecule has 3 rings (SSSR count). The van der Waals surface area contributed by atoms with E-state index in [0.29, 0.717) is 18.3 Å². The molecule has 2 fully saturated rings. The third-order valence-corrected chi connectivity index (χ3v) is 7.76. The first-order valence-corrected chi connectivity index (χ1v) is 13.7. The Morgan fingerprint density at radius 1 is 0.781 bits per heavy atom. The summed E-state index contributed by atoms with van der Waals surface area (Å²) in [7, 11) is 0. The van der Waals surface area contributed by atoms with Gasteiger partial charge in [-0.2, -0.15) is 0 Å². The number of ether oxygens (including phenoxy) is 2. The number of aryl methyl sites for hydroxylation is 1. The number of unbranched alkanes of at least 4 members (excludes halogenated alkanes) is 5. The third-order valence-electron chi connectivity index (χ3n) is 7.76. The lowest BCUT2D eigenvalue weighted by Gasteiger charge is -2.30. The predicted octanol–water partition coefficient (Wildman–Crippen LogP) is 8.57. The maximum atomic E-state index is 14.8. The minimum atomic E-state index is -0.177. The Balaban J connectivity index is 1.35. The van der Waals surface area contributed by atoms with Crippen LogP contribution in [0.2, 0.25) is 0 Å². The summed E-state index contributed by atoms with van der Waals surface area (Å²) in [5, 5.41) is 0. The van der Waals surface area contributed by atoms with Crippen LogP contribution in [0.25, 0.3) is 0 Å². The van der Waals surface area contributed by atoms with Crippen molar-refractivity contribution in [2.24, 2.45) is 11.8 Å². The smallest absolute Gasteiger partial charge is 0.157 e. The molecule has 0 atom stereocenters. The number of rotatable bonds is 13. The van der Waals surface area contributed by atoms with Gasteiger partial charge in [0.15, 0.2) is 6.29 Å². The van der Waals surface area contributed by atoms with E-state index in [2.05, 4.69) is 19.9 Å². The van der Waals surface area contributed by atoms with Crippen molar-refractivity contribution >= 4 is 0 Å². The van der Waals surface area contributed by atoms with E-state index in [4.69, 9.17) is 9.47 Å². The monoisotopic (exact) mass is 446 g/mol. The van der Waals surface area contributed by atoms with E-state index in [9.17, 15) is 4.39 Å². The lowest BCUT2D eigenvalue weighted by Crippen LogP contribution is -2.32. The molecule has 2 nitrogen and oxygen atoms in total. The van der Waals surface area contributed by atoms with Crippen LogP contribution in [-0.4, -0.2) is 19.5 Å². The molecule has 1 saturated carbocycles. The number of halogens is 1. The molecular weight excluding hydrogens is 399 g/mol. The van der Waals surface area contributed by atoms with Crippen molar-refractivity contribution in [3.05, 3.63) is 35.1 Å². The van der Waals surface area contributed by atoms with Gasteiger partial charge in [-0.25, -0.2) is 4.39 Å². The largest absolute Gasteiger partial charge is 0.352 e. The van der Waals surface area contributed by atoms with Crippen LogP contribution in [0, 0.1) is 17.7 Å². The van der Waals surface area contributed by atoms with E-state index in [0.717, 1.165) is 31.1 Å². The van der Waals surface area contributed by atoms with Gasteiger partial charge in [0.25, 0.3) is 0 Å². The van der Waals surface area contributed by atoms with E-state index >= 15 is 0 Å². The van der Waals surface area contributed by atoms with Crippen LogP contribution in [0.5, 0.6) is 0 Å². The fourth-order valence-electron chi connectivity index (χ4n) is 5.52. The Hall–Kier alpha value is -0.930. The van der Waals surface area contributed by atoms with Gasteiger partial charge in [-0.15, -0.1) is 0 Å². The Kier molecular flexibility index (Phi) is 11.5. The molecule has 0 amide bonds. The molecule has 0 aromatic heterocycles. The molecule has 0 radical (unpaired) electrons. The number of benzene rings is 1. The van der Waals surface area contributed by atoms with Crippen LogP contribution < -0.4 is 0 Å². The van der Waals surface area contributed by atoms with Crippen LogP contribution in [0.3, 0.4) is 0 Å². The summed E-state index contributed by atoms with van der Waals surface area (Å²) in [5.41, 5.74) is 2.00. The highest BCUT2D eigenvalue weighted by atomic mass is 19.1. The lowest BCUT2D eigenvalue weighted by atomic mass is 9.77. The second-order valence-corrected chi connectivity index (χ2v) is 10.4. The van der Waals surface area contributed by atoms with Crippen LogP contribution in [0.15, 0.2) is 18.2 Å².